The lowest BCUT2D eigenvalue weighted by atomic mass is 9.87. The standard InChI is InChI=1S/C19H25ClN4O2/c1-13-16(18(25)21-8-5-11-24-9-2-3-10-24)17(23-19(26)22-13)14-6-4-7-15(20)12-14/h4,6-7,12,16-17H,2-3,5,8-11H2,1H3,(H,21,25)(H,23,26). The Balaban J connectivity index is 1.64. The Morgan fingerprint density at radius 1 is 1.38 bits per heavy atom. The highest BCUT2D eigenvalue weighted by Gasteiger charge is 2.36. The summed E-state index contributed by atoms with van der Waals surface area (Å²) in [5.41, 5.74) is 1.33. The first-order valence-electron chi connectivity index (χ1n) is 9.16. The Hall–Kier alpha value is -1.92. The van der Waals surface area contributed by atoms with Gasteiger partial charge in [0.15, 0.2) is 0 Å². The molecule has 1 aromatic rings. The summed E-state index contributed by atoms with van der Waals surface area (Å²) in [6.07, 6.45) is 3.46. The van der Waals surface area contributed by atoms with E-state index in [1.54, 1.807) is 19.1 Å². The highest BCUT2D eigenvalue weighted by Crippen LogP contribution is 2.28. The van der Waals surface area contributed by atoms with Crippen LogP contribution in [0, 0.1) is 5.92 Å². The molecule has 2 aliphatic rings. The number of hydrogen-bond donors (Lipinski definition) is 2. The normalized spacial score (nSPS) is 23.5. The monoisotopic (exact) mass is 376 g/mol. The number of carbonyl (C=O) groups excluding carboxylic acids is 2. The van der Waals surface area contributed by atoms with Crippen LogP contribution in [-0.2, 0) is 4.79 Å². The lowest BCUT2D eigenvalue weighted by Crippen LogP contribution is -2.47. The fourth-order valence-electron chi connectivity index (χ4n) is 3.67. The number of carbonyl (C=O) groups is 2. The van der Waals surface area contributed by atoms with Crippen LogP contribution in [0.5, 0.6) is 0 Å². The summed E-state index contributed by atoms with van der Waals surface area (Å²) >= 11 is 6.08. The Morgan fingerprint density at radius 2 is 2.15 bits per heavy atom. The third-order valence-corrected chi connectivity index (χ3v) is 5.21. The predicted molar refractivity (Wildman–Crippen MR) is 103 cm³/mol. The number of nitrogens with one attached hydrogen (secondary N) is 2. The van der Waals surface area contributed by atoms with E-state index in [2.05, 4.69) is 20.5 Å². The van der Waals surface area contributed by atoms with Crippen LogP contribution in [0.15, 0.2) is 29.3 Å². The molecule has 2 atom stereocenters. The van der Waals surface area contributed by atoms with E-state index in [1.807, 2.05) is 12.1 Å². The third-order valence-electron chi connectivity index (χ3n) is 4.98. The molecule has 26 heavy (non-hydrogen) atoms. The van der Waals surface area contributed by atoms with Crippen molar-refractivity contribution >= 4 is 29.3 Å². The first-order chi connectivity index (χ1) is 12.5. The molecule has 0 radical (unpaired) electrons. The van der Waals surface area contributed by atoms with Crippen molar-refractivity contribution in [3.05, 3.63) is 34.9 Å². The van der Waals surface area contributed by atoms with Crippen molar-refractivity contribution in [2.45, 2.75) is 32.2 Å². The Morgan fingerprint density at radius 3 is 2.88 bits per heavy atom. The van der Waals surface area contributed by atoms with Crippen LogP contribution in [-0.4, -0.2) is 48.7 Å². The molecular weight excluding hydrogens is 352 g/mol. The van der Waals surface area contributed by atoms with Gasteiger partial charge in [-0.15, -0.1) is 0 Å². The Labute approximate surface area is 159 Å². The minimum absolute atomic E-state index is 0.113. The first-order valence-corrected chi connectivity index (χ1v) is 9.53. The zero-order chi connectivity index (χ0) is 18.5. The topological polar surface area (TPSA) is 73.8 Å². The summed E-state index contributed by atoms with van der Waals surface area (Å²) in [4.78, 5) is 31.0. The summed E-state index contributed by atoms with van der Waals surface area (Å²) in [5.74, 6) is -0.643. The molecule has 2 heterocycles. The molecule has 0 saturated carbocycles. The molecule has 1 aromatic carbocycles. The Kier molecular flexibility index (Phi) is 6.27. The molecule has 140 valence electrons. The van der Waals surface area contributed by atoms with Gasteiger partial charge in [-0.2, -0.15) is 0 Å². The van der Waals surface area contributed by atoms with Gasteiger partial charge >= 0.3 is 6.03 Å². The van der Waals surface area contributed by atoms with Crippen LogP contribution >= 0.6 is 11.6 Å². The maximum atomic E-state index is 12.8. The highest BCUT2D eigenvalue weighted by molar-refractivity contribution is 6.30. The second-order valence-corrected chi connectivity index (χ2v) is 7.34. The molecule has 0 bridgehead atoms. The Bertz CT molecular complexity index is 701. The van der Waals surface area contributed by atoms with Gasteiger partial charge in [-0.05, 0) is 63.5 Å². The molecule has 6 nitrogen and oxygen atoms in total. The number of benzene rings is 1. The third kappa shape index (κ3) is 4.62. The highest BCUT2D eigenvalue weighted by atomic mass is 35.5. The van der Waals surface area contributed by atoms with Crippen LogP contribution in [0.25, 0.3) is 0 Å². The van der Waals surface area contributed by atoms with Crippen LogP contribution in [0.3, 0.4) is 0 Å². The molecule has 2 aliphatic heterocycles. The maximum Gasteiger partial charge on any atom is 0.341 e. The molecule has 2 N–H and O–H groups in total. The van der Waals surface area contributed by atoms with E-state index in [4.69, 9.17) is 11.6 Å². The largest absolute Gasteiger partial charge is 0.355 e. The van der Waals surface area contributed by atoms with E-state index in [9.17, 15) is 9.59 Å². The molecule has 7 heteroatoms. The van der Waals surface area contributed by atoms with E-state index >= 15 is 0 Å². The van der Waals surface area contributed by atoms with Crippen molar-refractivity contribution in [3.63, 3.8) is 0 Å². The van der Waals surface area contributed by atoms with Crippen molar-refractivity contribution in [3.8, 4) is 0 Å². The number of aliphatic imine (C=N–C) groups is 1. The van der Waals surface area contributed by atoms with Gasteiger partial charge in [0.25, 0.3) is 0 Å². The zero-order valence-electron chi connectivity index (χ0n) is 15.0. The van der Waals surface area contributed by atoms with Crippen LogP contribution in [0.1, 0.15) is 37.8 Å². The van der Waals surface area contributed by atoms with Gasteiger partial charge in [0, 0.05) is 17.3 Å². The average Bonchev–Trinajstić information content (AvgIpc) is 3.11. The van der Waals surface area contributed by atoms with Crippen molar-refractivity contribution in [1.82, 2.24) is 15.5 Å². The van der Waals surface area contributed by atoms with Gasteiger partial charge in [-0.3, -0.25) is 4.79 Å². The second kappa shape index (κ2) is 8.64. The van der Waals surface area contributed by atoms with Crippen LogP contribution < -0.4 is 10.6 Å². The maximum absolute atomic E-state index is 12.8. The lowest BCUT2D eigenvalue weighted by molar-refractivity contribution is -0.123. The molecule has 3 amide bonds. The first kappa shape index (κ1) is 18.9. The molecule has 1 saturated heterocycles. The van der Waals surface area contributed by atoms with E-state index in [1.165, 1.54) is 12.8 Å². The number of amides is 3. The summed E-state index contributed by atoms with van der Waals surface area (Å²) < 4.78 is 0. The molecule has 2 unspecified atom stereocenters. The number of likely N-dealkylation sites (tertiary alicyclic amines) is 1. The lowest BCUT2D eigenvalue weighted by Gasteiger charge is -2.30. The van der Waals surface area contributed by atoms with Crippen LogP contribution in [0.4, 0.5) is 4.79 Å². The second-order valence-electron chi connectivity index (χ2n) is 6.91. The fourth-order valence-corrected chi connectivity index (χ4v) is 3.87. The average molecular weight is 377 g/mol. The quantitative estimate of drug-likeness (QED) is 0.750. The number of hydrogen-bond acceptors (Lipinski definition) is 3. The number of halogens is 1. The molecular formula is C19H25ClN4O2. The van der Waals surface area contributed by atoms with Crippen molar-refractivity contribution in [2.75, 3.05) is 26.2 Å². The fraction of sp³-hybridized carbons (Fsp3) is 0.526. The minimum Gasteiger partial charge on any atom is -0.355 e. The molecule has 0 aliphatic carbocycles. The molecule has 0 spiro atoms. The zero-order valence-corrected chi connectivity index (χ0v) is 15.8. The minimum atomic E-state index is -0.530. The van der Waals surface area contributed by atoms with Gasteiger partial charge in [0.2, 0.25) is 5.91 Å². The summed E-state index contributed by atoms with van der Waals surface area (Å²) in [5, 5.41) is 6.38. The molecule has 0 aromatic heterocycles. The van der Waals surface area contributed by atoms with E-state index in [0.717, 1.165) is 31.6 Å². The number of urea groups is 1. The van der Waals surface area contributed by atoms with Crippen molar-refractivity contribution in [2.24, 2.45) is 10.9 Å². The SMILES string of the molecule is CC1=NC(=O)NC(c2cccc(Cl)c2)C1C(=O)NCCCN1CCCC1. The number of rotatable bonds is 6. The predicted octanol–water partition coefficient (Wildman–Crippen LogP) is 2.78. The van der Waals surface area contributed by atoms with Gasteiger partial charge in [0.05, 0.1) is 6.04 Å². The van der Waals surface area contributed by atoms with Gasteiger partial charge in [0.1, 0.15) is 5.92 Å². The summed E-state index contributed by atoms with van der Waals surface area (Å²) in [6, 6.07) is 6.34. The molecule has 1 fully saturated rings. The summed E-state index contributed by atoms with van der Waals surface area (Å²) in [6.45, 7) is 5.67. The van der Waals surface area contributed by atoms with Gasteiger partial charge in [-0.1, -0.05) is 23.7 Å². The summed E-state index contributed by atoms with van der Waals surface area (Å²) in [7, 11) is 0. The van der Waals surface area contributed by atoms with Gasteiger partial charge in [-0.25, -0.2) is 9.79 Å². The molecule has 3 rings (SSSR count). The van der Waals surface area contributed by atoms with Crippen molar-refractivity contribution in [1.29, 1.82) is 0 Å². The van der Waals surface area contributed by atoms with Gasteiger partial charge < -0.3 is 15.5 Å². The number of nitrogens with zero attached hydrogens (tertiary/aromatic N) is 2. The smallest absolute Gasteiger partial charge is 0.341 e. The van der Waals surface area contributed by atoms with E-state index in [0.29, 0.717) is 17.3 Å². The van der Waals surface area contributed by atoms with E-state index in [-0.39, 0.29) is 5.91 Å². The van der Waals surface area contributed by atoms with Crippen molar-refractivity contribution < 1.29 is 9.59 Å². The van der Waals surface area contributed by atoms with E-state index < -0.39 is 18.0 Å². The van der Waals surface area contributed by atoms with Crippen LogP contribution in [0.2, 0.25) is 5.02 Å².